The molecule has 0 saturated heterocycles. The van der Waals surface area contributed by atoms with Crippen LogP contribution >= 0.6 is 0 Å². The molecule has 0 bridgehead atoms. The van der Waals surface area contributed by atoms with Crippen LogP contribution in [0.3, 0.4) is 0 Å². The Bertz CT molecular complexity index is 272. The van der Waals surface area contributed by atoms with Gasteiger partial charge in [0.25, 0.3) is 0 Å². The van der Waals surface area contributed by atoms with Crippen molar-refractivity contribution in [2.45, 2.75) is 6.92 Å². The monoisotopic (exact) mass is 181 g/mol. The molecule has 0 fully saturated rings. The molecule has 11 heavy (non-hydrogen) atoms. The van der Waals surface area contributed by atoms with Gasteiger partial charge in [-0.25, -0.2) is 0 Å². The van der Waals surface area contributed by atoms with Crippen molar-refractivity contribution >= 4 is 4.23 Å². The molecule has 0 aliphatic heterocycles. The quantitative estimate of drug-likeness (QED) is 0.656. The van der Waals surface area contributed by atoms with Crippen LogP contribution in [0.1, 0.15) is 12.5 Å². The van der Waals surface area contributed by atoms with Gasteiger partial charge in [0.1, 0.15) is 0 Å². The Morgan fingerprint density at radius 2 is 1.82 bits per heavy atom. The topological polar surface area (TPSA) is 0 Å². The van der Waals surface area contributed by atoms with Crippen molar-refractivity contribution < 1.29 is 17.0 Å². The van der Waals surface area contributed by atoms with Crippen LogP contribution < -0.4 is 0 Å². The van der Waals surface area contributed by atoms with E-state index in [0.29, 0.717) is 0 Å². The van der Waals surface area contributed by atoms with Crippen molar-refractivity contribution in [1.29, 1.82) is 0 Å². The normalized spacial score (nSPS) is 9.09. The van der Waals surface area contributed by atoms with Gasteiger partial charge in [-0.2, -0.15) is 0 Å². The van der Waals surface area contributed by atoms with Crippen LogP contribution in [0, 0.1) is 0 Å². The molecule has 0 radical (unpaired) electrons. The molecule has 0 saturated carbocycles. The van der Waals surface area contributed by atoms with Crippen LogP contribution in [-0.2, 0) is 17.0 Å². The SMILES string of the molecule is C=C(C)[C](=[V])c1ccccc1. The van der Waals surface area contributed by atoms with Crippen LogP contribution in [0.5, 0.6) is 0 Å². The molecule has 0 nitrogen and oxygen atoms in total. The predicted molar refractivity (Wildman–Crippen MR) is 45.4 cm³/mol. The first-order valence-corrected chi connectivity index (χ1v) is 4.19. The van der Waals surface area contributed by atoms with E-state index in [2.05, 4.69) is 35.7 Å². The second kappa shape index (κ2) is 3.70. The van der Waals surface area contributed by atoms with Gasteiger partial charge >= 0.3 is 76.2 Å². The molecule has 1 aromatic rings. The van der Waals surface area contributed by atoms with Gasteiger partial charge in [0.15, 0.2) is 0 Å². The van der Waals surface area contributed by atoms with E-state index >= 15 is 0 Å². The first kappa shape index (κ1) is 8.51. The summed E-state index contributed by atoms with van der Waals surface area (Å²) in [5.41, 5.74) is 2.34. The molecule has 0 spiro atoms. The molecule has 0 aromatic heterocycles. The van der Waals surface area contributed by atoms with Crippen LogP contribution in [0.2, 0.25) is 0 Å². The van der Waals surface area contributed by atoms with Gasteiger partial charge in [-0.3, -0.25) is 0 Å². The summed E-state index contributed by atoms with van der Waals surface area (Å²) < 4.78 is 1.21. The van der Waals surface area contributed by atoms with Crippen molar-refractivity contribution in [3.8, 4) is 0 Å². The molecule has 0 N–H and O–H groups in total. The average Bonchev–Trinajstić information content (AvgIpc) is 2.05. The van der Waals surface area contributed by atoms with Gasteiger partial charge in [0.2, 0.25) is 0 Å². The zero-order valence-corrected chi connectivity index (χ0v) is 7.94. The van der Waals surface area contributed by atoms with E-state index in [4.69, 9.17) is 0 Å². The van der Waals surface area contributed by atoms with E-state index < -0.39 is 0 Å². The Kier molecular flexibility index (Phi) is 2.87. The average molecular weight is 181 g/mol. The molecule has 1 rings (SSSR count). The second-order valence-corrected chi connectivity index (χ2v) is 3.19. The molecule has 0 aliphatic rings. The van der Waals surface area contributed by atoms with E-state index in [-0.39, 0.29) is 0 Å². The zero-order valence-electron chi connectivity index (χ0n) is 6.54. The molecular weight excluding hydrogens is 171 g/mol. The van der Waals surface area contributed by atoms with Gasteiger partial charge in [-0.15, -0.1) is 0 Å². The fourth-order valence-electron chi connectivity index (χ4n) is 0.842. The zero-order chi connectivity index (χ0) is 8.27. The van der Waals surface area contributed by atoms with Gasteiger partial charge in [0, 0.05) is 0 Å². The Balaban J connectivity index is 2.95. The molecule has 0 aliphatic carbocycles. The number of hydrogen-bond acceptors (Lipinski definition) is 0. The molecule has 55 valence electrons. The predicted octanol–water partition coefficient (Wildman–Crippen LogP) is 2.33. The second-order valence-electron chi connectivity index (χ2n) is 2.49. The third-order valence-corrected chi connectivity index (χ3v) is 2.45. The van der Waals surface area contributed by atoms with E-state index in [1.54, 1.807) is 0 Å². The van der Waals surface area contributed by atoms with Crippen LogP contribution in [0.25, 0.3) is 0 Å². The Labute approximate surface area is 76.4 Å². The summed E-state index contributed by atoms with van der Waals surface area (Å²) in [6.07, 6.45) is 0. The third kappa shape index (κ3) is 2.18. The maximum atomic E-state index is 3.88. The van der Waals surface area contributed by atoms with Crippen molar-refractivity contribution in [3.63, 3.8) is 0 Å². The summed E-state index contributed by atoms with van der Waals surface area (Å²) in [6, 6.07) is 10.3. The number of benzene rings is 1. The molecule has 0 heterocycles. The molecule has 1 aromatic carbocycles. The number of allylic oxidation sites excluding steroid dienone is 1. The van der Waals surface area contributed by atoms with E-state index in [0.717, 1.165) is 5.57 Å². The van der Waals surface area contributed by atoms with Crippen molar-refractivity contribution in [2.75, 3.05) is 0 Å². The van der Waals surface area contributed by atoms with Crippen molar-refractivity contribution in [3.05, 3.63) is 48.0 Å². The maximum absolute atomic E-state index is 3.88. The fraction of sp³-hybridized carbons (Fsp3) is 0.100. The van der Waals surface area contributed by atoms with Gasteiger partial charge in [-0.05, 0) is 0 Å². The number of hydrogen-bond donors (Lipinski definition) is 0. The Morgan fingerprint density at radius 3 is 2.27 bits per heavy atom. The van der Waals surface area contributed by atoms with Crippen LogP contribution in [0.15, 0.2) is 42.5 Å². The number of rotatable bonds is 2. The standard InChI is InChI=1S/C10H10.V/c1-9(2)8-10-6-4-3-5-7-10;/h3-7H,1H2,2H3;. The summed E-state index contributed by atoms with van der Waals surface area (Å²) in [5.74, 6) is 0. The fourth-order valence-corrected chi connectivity index (χ4v) is 1.08. The summed E-state index contributed by atoms with van der Waals surface area (Å²) in [7, 11) is 0. The molecule has 0 atom stereocenters. The van der Waals surface area contributed by atoms with Crippen LogP contribution in [0.4, 0.5) is 0 Å². The first-order chi connectivity index (χ1) is 5.22. The van der Waals surface area contributed by atoms with Crippen molar-refractivity contribution in [1.82, 2.24) is 0 Å². The Morgan fingerprint density at radius 1 is 1.27 bits per heavy atom. The summed E-state index contributed by atoms with van der Waals surface area (Å²) >= 11 is 2.55. The van der Waals surface area contributed by atoms with E-state index in [1.165, 1.54) is 9.79 Å². The minimum absolute atomic E-state index is 1.11. The minimum atomic E-state index is 1.11. The summed E-state index contributed by atoms with van der Waals surface area (Å²) in [4.78, 5) is 0. The van der Waals surface area contributed by atoms with Gasteiger partial charge in [-0.1, -0.05) is 0 Å². The van der Waals surface area contributed by atoms with E-state index in [9.17, 15) is 0 Å². The summed E-state index contributed by atoms with van der Waals surface area (Å²) in [6.45, 7) is 5.89. The molecule has 1 heteroatoms. The van der Waals surface area contributed by atoms with Crippen LogP contribution in [-0.4, -0.2) is 4.23 Å². The first-order valence-electron chi connectivity index (χ1n) is 3.49. The summed E-state index contributed by atoms with van der Waals surface area (Å²) in [5, 5.41) is 0. The van der Waals surface area contributed by atoms with Gasteiger partial charge < -0.3 is 0 Å². The Hall–Kier alpha value is -0.586. The van der Waals surface area contributed by atoms with E-state index in [1.807, 2.05) is 25.1 Å². The molecule has 0 amide bonds. The van der Waals surface area contributed by atoms with Crippen molar-refractivity contribution in [2.24, 2.45) is 0 Å². The third-order valence-electron chi connectivity index (χ3n) is 1.45. The molecule has 0 unspecified atom stereocenters. The van der Waals surface area contributed by atoms with Gasteiger partial charge in [0.05, 0.1) is 0 Å². The molecular formula is C10H10V.